The van der Waals surface area contributed by atoms with Crippen molar-refractivity contribution in [1.29, 1.82) is 0 Å². The molecule has 0 bridgehead atoms. The van der Waals surface area contributed by atoms with Crippen LogP contribution in [0.2, 0.25) is 0 Å². The Hall–Kier alpha value is -0.610. The van der Waals surface area contributed by atoms with Gasteiger partial charge in [-0.1, -0.05) is 6.42 Å². The highest BCUT2D eigenvalue weighted by Gasteiger charge is 2.30. The largest absolute Gasteiger partial charge is 0.368 e. The second kappa shape index (κ2) is 7.25. The first-order valence-electron chi connectivity index (χ1n) is 7.59. The Morgan fingerprint density at radius 1 is 1.47 bits per heavy atom. The molecule has 3 N–H and O–H groups in total. The maximum absolute atomic E-state index is 11.6. The van der Waals surface area contributed by atoms with Gasteiger partial charge < -0.3 is 16.0 Å². The van der Waals surface area contributed by atoms with Gasteiger partial charge in [-0.15, -0.1) is 0 Å². The van der Waals surface area contributed by atoms with Crippen LogP contribution in [-0.4, -0.2) is 42.5 Å². The molecule has 0 aromatic rings. The molecule has 0 spiro atoms. The number of nitrogens with zero attached hydrogens (tertiary/aromatic N) is 1. The van der Waals surface area contributed by atoms with Crippen molar-refractivity contribution in [3.8, 4) is 0 Å². The van der Waals surface area contributed by atoms with Gasteiger partial charge in [0.25, 0.3) is 0 Å². The van der Waals surface area contributed by atoms with Crippen molar-refractivity contribution in [2.75, 3.05) is 20.1 Å². The van der Waals surface area contributed by atoms with Gasteiger partial charge in [0.2, 0.25) is 5.91 Å². The van der Waals surface area contributed by atoms with Crippen molar-refractivity contribution < 1.29 is 4.79 Å². The molecule has 0 aromatic carbocycles. The van der Waals surface area contributed by atoms with E-state index in [9.17, 15) is 4.79 Å². The molecule has 4 heteroatoms. The summed E-state index contributed by atoms with van der Waals surface area (Å²) in [6.07, 6.45) is 5.98. The normalized spacial score (nSPS) is 19.5. The van der Waals surface area contributed by atoms with Crippen LogP contribution in [0.1, 0.15) is 52.9 Å². The van der Waals surface area contributed by atoms with Gasteiger partial charge in [-0.05, 0) is 66.0 Å². The molecule has 4 nitrogen and oxygen atoms in total. The molecule has 1 fully saturated rings. The van der Waals surface area contributed by atoms with Crippen LogP contribution in [0.4, 0.5) is 0 Å². The zero-order chi connectivity index (χ0) is 14.5. The van der Waals surface area contributed by atoms with E-state index in [0.717, 1.165) is 25.3 Å². The number of nitrogens with one attached hydrogen (secondary N) is 1. The summed E-state index contributed by atoms with van der Waals surface area (Å²) in [4.78, 5) is 14.0. The van der Waals surface area contributed by atoms with Crippen LogP contribution in [0.25, 0.3) is 0 Å². The van der Waals surface area contributed by atoms with Gasteiger partial charge in [0.05, 0.1) is 5.54 Å². The number of carbonyl (C=O) groups excluding carboxylic acids is 1. The Morgan fingerprint density at radius 3 is 2.53 bits per heavy atom. The molecule has 1 unspecified atom stereocenters. The quantitative estimate of drug-likeness (QED) is 0.670. The second-order valence-electron chi connectivity index (χ2n) is 6.66. The molecule has 1 saturated carbocycles. The predicted octanol–water partition coefficient (Wildman–Crippen LogP) is 1.74. The minimum Gasteiger partial charge on any atom is -0.368 e. The Labute approximate surface area is 118 Å². The van der Waals surface area contributed by atoms with E-state index in [1.165, 1.54) is 25.8 Å². The van der Waals surface area contributed by atoms with Crippen LogP contribution in [0.3, 0.4) is 0 Å². The summed E-state index contributed by atoms with van der Waals surface area (Å²) in [6.45, 7) is 8.25. The zero-order valence-corrected chi connectivity index (χ0v) is 13.0. The van der Waals surface area contributed by atoms with Gasteiger partial charge in [-0.25, -0.2) is 0 Å². The molecule has 112 valence electrons. The van der Waals surface area contributed by atoms with Crippen LogP contribution >= 0.6 is 0 Å². The van der Waals surface area contributed by atoms with Gasteiger partial charge in [-0.2, -0.15) is 0 Å². The number of carbonyl (C=O) groups is 1. The van der Waals surface area contributed by atoms with Gasteiger partial charge in [0.1, 0.15) is 0 Å². The van der Waals surface area contributed by atoms with Crippen molar-refractivity contribution in [1.82, 2.24) is 10.2 Å². The number of amides is 1. The number of primary amides is 1. The molecule has 0 saturated heterocycles. The van der Waals surface area contributed by atoms with Gasteiger partial charge in [0, 0.05) is 12.6 Å². The van der Waals surface area contributed by atoms with E-state index in [-0.39, 0.29) is 11.9 Å². The van der Waals surface area contributed by atoms with Crippen molar-refractivity contribution in [2.45, 2.75) is 64.5 Å². The van der Waals surface area contributed by atoms with Crippen molar-refractivity contribution in [2.24, 2.45) is 11.7 Å². The molecule has 1 amide bonds. The third-order valence-corrected chi connectivity index (χ3v) is 4.16. The molecule has 0 radical (unpaired) electrons. The molecule has 0 heterocycles. The summed E-state index contributed by atoms with van der Waals surface area (Å²) >= 11 is 0. The van der Waals surface area contributed by atoms with Crippen LogP contribution in [0.5, 0.6) is 0 Å². The summed E-state index contributed by atoms with van der Waals surface area (Å²) in [5.74, 6) is 0.657. The highest BCUT2D eigenvalue weighted by molar-refractivity contribution is 5.84. The number of nitrogens with two attached hydrogens (primary N) is 1. The fraction of sp³-hybridized carbons (Fsp3) is 0.933. The Balaban J connectivity index is 2.28. The second-order valence-corrected chi connectivity index (χ2v) is 6.66. The average Bonchev–Trinajstić information content (AvgIpc) is 2.22. The highest BCUT2D eigenvalue weighted by atomic mass is 16.1. The summed E-state index contributed by atoms with van der Waals surface area (Å²) in [6, 6.07) is 0.269. The Morgan fingerprint density at radius 2 is 2.11 bits per heavy atom. The molecule has 19 heavy (non-hydrogen) atoms. The van der Waals surface area contributed by atoms with Crippen molar-refractivity contribution in [3.63, 3.8) is 0 Å². The van der Waals surface area contributed by atoms with Crippen LogP contribution in [-0.2, 0) is 4.79 Å². The highest BCUT2D eigenvalue weighted by Crippen LogP contribution is 2.26. The number of hydrogen-bond acceptors (Lipinski definition) is 3. The van der Waals surface area contributed by atoms with Crippen molar-refractivity contribution >= 4 is 5.91 Å². The van der Waals surface area contributed by atoms with E-state index in [1.54, 1.807) is 0 Å². The third kappa shape index (κ3) is 5.49. The van der Waals surface area contributed by atoms with Gasteiger partial charge in [-0.3, -0.25) is 4.79 Å². The molecule has 0 aromatic heterocycles. The van der Waals surface area contributed by atoms with Crippen LogP contribution in [0, 0.1) is 5.92 Å². The first-order valence-corrected chi connectivity index (χ1v) is 7.59. The minimum absolute atomic E-state index is 0.247. The smallest absolute Gasteiger partial charge is 0.237 e. The summed E-state index contributed by atoms with van der Waals surface area (Å²) in [7, 11) is 2.18. The number of hydrogen-bond donors (Lipinski definition) is 2. The first kappa shape index (κ1) is 16.4. The average molecular weight is 269 g/mol. The molecule has 1 aliphatic carbocycles. The lowest BCUT2D eigenvalue weighted by molar-refractivity contribution is -0.124. The lowest BCUT2D eigenvalue weighted by Crippen LogP contribution is -2.55. The molecule has 1 rings (SSSR count). The lowest BCUT2D eigenvalue weighted by Gasteiger charge is -2.32. The zero-order valence-electron chi connectivity index (χ0n) is 13.0. The fourth-order valence-electron chi connectivity index (χ4n) is 2.81. The van der Waals surface area contributed by atoms with E-state index < -0.39 is 5.54 Å². The van der Waals surface area contributed by atoms with E-state index in [0.29, 0.717) is 0 Å². The van der Waals surface area contributed by atoms with E-state index >= 15 is 0 Å². The van der Waals surface area contributed by atoms with E-state index in [1.807, 2.05) is 20.8 Å². The predicted molar refractivity (Wildman–Crippen MR) is 79.9 cm³/mol. The molecule has 1 aliphatic rings. The molecular formula is C15H31N3O. The summed E-state index contributed by atoms with van der Waals surface area (Å²) in [5, 5.41) is 3.30. The van der Waals surface area contributed by atoms with Gasteiger partial charge in [0.15, 0.2) is 0 Å². The summed E-state index contributed by atoms with van der Waals surface area (Å²) < 4.78 is 0. The lowest BCUT2D eigenvalue weighted by atomic mass is 9.85. The monoisotopic (exact) mass is 269 g/mol. The first-order chi connectivity index (χ1) is 8.83. The molecule has 0 aliphatic heterocycles. The summed E-state index contributed by atoms with van der Waals surface area (Å²) in [5.41, 5.74) is 4.95. The van der Waals surface area contributed by atoms with E-state index in [4.69, 9.17) is 5.73 Å². The maximum atomic E-state index is 11.6. The Bertz CT molecular complexity index is 289. The molecule has 1 atom stereocenters. The number of rotatable bonds is 9. The van der Waals surface area contributed by atoms with Crippen LogP contribution in [0.15, 0.2) is 0 Å². The van der Waals surface area contributed by atoms with Gasteiger partial charge >= 0.3 is 0 Å². The molecular weight excluding hydrogens is 238 g/mol. The van der Waals surface area contributed by atoms with Crippen molar-refractivity contribution in [3.05, 3.63) is 0 Å². The van der Waals surface area contributed by atoms with E-state index in [2.05, 4.69) is 17.3 Å². The minimum atomic E-state index is -0.578. The third-order valence-electron chi connectivity index (χ3n) is 4.16. The maximum Gasteiger partial charge on any atom is 0.237 e. The SMILES string of the molecule is CC(C)NC(C)(CCCN(C)CC1CCC1)C(N)=O. The fourth-order valence-corrected chi connectivity index (χ4v) is 2.81. The topological polar surface area (TPSA) is 58.4 Å². The van der Waals surface area contributed by atoms with Crippen LogP contribution < -0.4 is 11.1 Å². The standard InChI is InChI=1S/C15H31N3O/c1-12(2)17-15(3,14(16)19)9-6-10-18(4)11-13-7-5-8-13/h12-13,17H,5-11H2,1-4H3,(H2,16,19). The Kier molecular flexibility index (Phi) is 6.27.